The van der Waals surface area contributed by atoms with Crippen LogP contribution in [-0.2, 0) is 11.2 Å². The van der Waals surface area contributed by atoms with E-state index in [0.717, 1.165) is 12.0 Å². The molecule has 1 heterocycles. The third-order valence-electron chi connectivity index (χ3n) is 3.31. The van der Waals surface area contributed by atoms with E-state index >= 15 is 0 Å². The molecule has 0 fully saturated rings. The van der Waals surface area contributed by atoms with Gasteiger partial charge in [0.2, 0.25) is 0 Å². The molecule has 0 saturated carbocycles. The molecular formula is C14H20ClNO3. The van der Waals surface area contributed by atoms with Crippen molar-refractivity contribution in [3.63, 3.8) is 0 Å². The molecule has 106 valence electrons. The van der Waals surface area contributed by atoms with Crippen molar-refractivity contribution in [2.24, 2.45) is 5.92 Å². The van der Waals surface area contributed by atoms with Crippen LogP contribution in [0.3, 0.4) is 0 Å². The summed E-state index contributed by atoms with van der Waals surface area (Å²) in [6.45, 7) is 4.26. The Morgan fingerprint density at radius 3 is 2.79 bits per heavy atom. The fraction of sp³-hybridized carbons (Fsp3) is 0.500. The normalized spacial score (nSPS) is 19.4. The molecule has 0 aromatic heterocycles. The summed E-state index contributed by atoms with van der Waals surface area (Å²) < 4.78 is 5.39. The van der Waals surface area contributed by atoms with Gasteiger partial charge in [0.1, 0.15) is 17.4 Å². The van der Waals surface area contributed by atoms with Gasteiger partial charge >= 0.3 is 5.97 Å². The van der Waals surface area contributed by atoms with Gasteiger partial charge in [-0.05, 0) is 17.5 Å². The number of phenols is 1. The molecule has 0 spiro atoms. The topological polar surface area (TPSA) is 74.2 Å². The minimum Gasteiger partial charge on any atom is -1.00 e. The number of halogens is 1. The van der Waals surface area contributed by atoms with Crippen LogP contribution in [0.2, 0.25) is 0 Å². The fourth-order valence-corrected chi connectivity index (χ4v) is 2.47. The van der Waals surface area contributed by atoms with Gasteiger partial charge in [-0.25, -0.2) is 4.79 Å². The molecule has 1 aliphatic rings. The number of quaternary nitrogens is 1. The van der Waals surface area contributed by atoms with E-state index in [1.807, 2.05) is 6.07 Å². The number of phenolic OH excluding ortho intramolecular Hbond substituents is 1. The first-order chi connectivity index (χ1) is 8.49. The number of benzene rings is 1. The van der Waals surface area contributed by atoms with Crippen LogP contribution in [0, 0.1) is 5.92 Å². The lowest BCUT2D eigenvalue weighted by atomic mass is 9.91. The molecule has 0 saturated heterocycles. The Morgan fingerprint density at radius 1 is 1.47 bits per heavy atom. The number of aromatic hydroxyl groups is 1. The molecule has 2 rings (SSSR count). The summed E-state index contributed by atoms with van der Waals surface area (Å²) in [7, 11) is 0. The van der Waals surface area contributed by atoms with E-state index in [2.05, 4.69) is 19.6 Å². The molecular weight excluding hydrogens is 266 g/mol. The highest BCUT2D eigenvalue weighted by Gasteiger charge is 2.34. The Morgan fingerprint density at radius 2 is 2.16 bits per heavy atom. The number of carbonyl (C=O) groups is 1. The van der Waals surface area contributed by atoms with Gasteiger partial charge in [0.15, 0.2) is 6.10 Å². The number of fused-ring (bicyclic) bond motifs is 1. The molecule has 1 aromatic carbocycles. The lowest BCUT2D eigenvalue weighted by molar-refractivity contribution is -0.440. The standard InChI is InChI=1S/C14H19NO3.ClH/c1-8(2)6-10(15)12-7-9-4-3-5-11(16)13(9)14(17)18-12;/h3-5,8,10,12,16H,6-7,15H2,1-2H3;1H/t10-,12-;/m0./s1. The minimum atomic E-state index is -0.434. The van der Waals surface area contributed by atoms with Gasteiger partial charge in [0.25, 0.3) is 0 Å². The number of ether oxygens (including phenoxy) is 1. The first-order valence-electron chi connectivity index (χ1n) is 6.34. The molecule has 19 heavy (non-hydrogen) atoms. The summed E-state index contributed by atoms with van der Waals surface area (Å²) in [5.41, 5.74) is 5.26. The van der Waals surface area contributed by atoms with Crippen LogP contribution in [0.4, 0.5) is 0 Å². The fourth-order valence-electron chi connectivity index (χ4n) is 2.47. The average Bonchev–Trinajstić information content (AvgIpc) is 2.27. The number of esters is 1. The largest absolute Gasteiger partial charge is 1.00 e. The van der Waals surface area contributed by atoms with Crippen molar-refractivity contribution in [2.75, 3.05) is 0 Å². The number of cyclic esters (lactones) is 1. The maximum atomic E-state index is 11.9. The Kier molecular flexibility index (Phi) is 5.20. The van der Waals surface area contributed by atoms with Crippen molar-refractivity contribution in [1.82, 2.24) is 0 Å². The molecule has 5 heteroatoms. The van der Waals surface area contributed by atoms with Gasteiger partial charge < -0.3 is 28.0 Å². The molecule has 1 aromatic rings. The Labute approximate surface area is 119 Å². The zero-order valence-electron chi connectivity index (χ0n) is 11.2. The summed E-state index contributed by atoms with van der Waals surface area (Å²) in [4.78, 5) is 11.9. The average molecular weight is 286 g/mol. The third-order valence-corrected chi connectivity index (χ3v) is 3.31. The quantitative estimate of drug-likeness (QED) is 0.640. The second-order valence-corrected chi connectivity index (χ2v) is 5.35. The molecule has 0 radical (unpaired) electrons. The van der Waals surface area contributed by atoms with Gasteiger partial charge in [-0.2, -0.15) is 0 Å². The van der Waals surface area contributed by atoms with Crippen LogP contribution in [0.15, 0.2) is 18.2 Å². The monoisotopic (exact) mass is 285 g/mol. The Hall–Kier alpha value is -1.26. The lowest BCUT2D eigenvalue weighted by Gasteiger charge is -2.28. The zero-order chi connectivity index (χ0) is 13.3. The zero-order valence-corrected chi connectivity index (χ0v) is 12.0. The van der Waals surface area contributed by atoms with E-state index < -0.39 is 5.97 Å². The summed E-state index contributed by atoms with van der Waals surface area (Å²) in [6, 6.07) is 5.22. The molecule has 0 aliphatic carbocycles. The van der Waals surface area contributed by atoms with Crippen LogP contribution in [0.5, 0.6) is 5.75 Å². The first kappa shape index (κ1) is 15.8. The van der Waals surface area contributed by atoms with E-state index in [0.29, 0.717) is 17.9 Å². The van der Waals surface area contributed by atoms with Crippen molar-refractivity contribution in [3.8, 4) is 5.75 Å². The van der Waals surface area contributed by atoms with Crippen molar-refractivity contribution >= 4 is 5.97 Å². The Bertz CT molecular complexity index is 462. The predicted molar refractivity (Wildman–Crippen MR) is 67.1 cm³/mol. The summed E-state index contributed by atoms with van der Waals surface area (Å²) in [5, 5.41) is 9.68. The van der Waals surface area contributed by atoms with Gasteiger partial charge in [0.05, 0.1) is 0 Å². The van der Waals surface area contributed by atoms with Gasteiger partial charge in [-0.15, -0.1) is 0 Å². The predicted octanol–water partition coefficient (Wildman–Crippen LogP) is -1.87. The van der Waals surface area contributed by atoms with E-state index in [1.54, 1.807) is 6.07 Å². The van der Waals surface area contributed by atoms with Crippen molar-refractivity contribution < 1.29 is 32.8 Å². The third kappa shape index (κ3) is 3.39. The summed E-state index contributed by atoms with van der Waals surface area (Å²) >= 11 is 0. The second kappa shape index (κ2) is 6.26. The van der Waals surface area contributed by atoms with Gasteiger partial charge in [-0.3, -0.25) is 0 Å². The summed E-state index contributed by atoms with van der Waals surface area (Å²) in [6.07, 6.45) is 1.37. The molecule has 4 nitrogen and oxygen atoms in total. The second-order valence-electron chi connectivity index (χ2n) is 5.35. The number of carbonyl (C=O) groups excluding carboxylic acids is 1. The highest BCUT2D eigenvalue weighted by Crippen LogP contribution is 2.29. The van der Waals surface area contributed by atoms with Crippen molar-refractivity contribution in [1.29, 1.82) is 0 Å². The van der Waals surface area contributed by atoms with Crippen LogP contribution < -0.4 is 18.1 Å². The molecule has 1 aliphatic heterocycles. The molecule has 4 N–H and O–H groups in total. The van der Waals surface area contributed by atoms with E-state index in [9.17, 15) is 9.90 Å². The Balaban J connectivity index is 0.00000180. The highest BCUT2D eigenvalue weighted by molar-refractivity contribution is 5.95. The SMILES string of the molecule is CC(C)C[C@H]([NH3+])[C@@H]1Cc2cccc(O)c2C(=O)O1.[Cl-]. The maximum absolute atomic E-state index is 11.9. The highest BCUT2D eigenvalue weighted by atomic mass is 35.5. The van der Waals surface area contributed by atoms with Gasteiger partial charge in [-0.1, -0.05) is 26.0 Å². The van der Waals surface area contributed by atoms with Crippen molar-refractivity contribution in [3.05, 3.63) is 29.3 Å². The van der Waals surface area contributed by atoms with E-state index in [-0.39, 0.29) is 30.3 Å². The minimum absolute atomic E-state index is 0. The van der Waals surface area contributed by atoms with Crippen LogP contribution in [0.25, 0.3) is 0 Å². The van der Waals surface area contributed by atoms with Crippen LogP contribution >= 0.6 is 0 Å². The number of hydrogen-bond acceptors (Lipinski definition) is 3. The first-order valence-corrected chi connectivity index (χ1v) is 6.34. The molecule has 0 bridgehead atoms. The van der Waals surface area contributed by atoms with E-state index in [4.69, 9.17) is 4.74 Å². The summed E-state index contributed by atoms with van der Waals surface area (Å²) in [5.74, 6) is 0.0916. The number of rotatable bonds is 3. The van der Waals surface area contributed by atoms with Crippen molar-refractivity contribution in [2.45, 2.75) is 38.8 Å². The van der Waals surface area contributed by atoms with Crippen LogP contribution in [0.1, 0.15) is 36.2 Å². The number of hydrogen-bond donors (Lipinski definition) is 2. The smallest absolute Gasteiger partial charge is 0.342 e. The van der Waals surface area contributed by atoms with Crippen LogP contribution in [-0.4, -0.2) is 23.2 Å². The molecule has 0 amide bonds. The van der Waals surface area contributed by atoms with E-state index in [1.165, 1.54) is 6.07 Å². The molecule has 2 atom stereocenters. The molecule has 0 unspecified atom stereocenters. The maximum Gasteiger partial charge on any atom is 0.342 e. The van der Waals surface area contributed by atoms with Gasteiger partial charge in [0, 0.05) is 12.8 Å². The lowest BCUT2D eigenvalue weighted by Crippen LogP contribution is -3.00.